The van der Waals surface area contributed by atoms with E-state index in [4.69, 9.17) is 11.6 Å². The van der Waals surface area contributed by atoms with Crippen molar-refractivity contribution in [3.8, 4) is 6.07 Å². The van der Waals surface area contributed by atoms with Gasteiger partial charge in [-0.15, -0.1) is 11.8 Å². The van der Waals surface area contributed by atoms with Gasteiger partial charge in [-0.2, -0.15) is 5.26 Å². The zero-order chi connectivity index (χ0) is 14.4. The molecule has 0 amide bonds. The first-order valence-electron chi connectivity index (χ1n) is 7.12. The van der Waals surface area contributed by atoms with Crippen molar-refractivity contribution in [1.29, 1.82) is 5.26 Å². The fraction of sp³-hybridized carbons (Fsp3) is 0.600. The Hall–Kier alpha value is -0.760. The molecule has 20 heavy (non-hydrogen) atoms. The minimum atomic E-state index is -0.349. The van der Waals surface area contributed by atoms with E-state index in [1.165, 1.54) is 0 Å². The highest BCUT2D eigenvalue weighted by Crippen LogP contribution is 2.37. The van der Waals surface area contributed by atoms with Crippen molar-refractivity contribution in [2.45, 2.75) is 54.8 Å². The molecule has 2 atom stereocenters. The van der Waals surface area contributed by atoms with Crippen molar-refractivity contribution >= 4 is 23.4 Å². The SMILES string of the molecule is CCCNC1(C#N)CCCC(Sc2ccc(Cl)cn2)C1. The summed E-state index contributed by atoms with van der Waals surface area (Å²) >= 11 is 7.62. The lowest BCUT2D eigenvalue weighted by Gasteiger charge is -2.36. The van der Waals surface area contributed by atoms with Gasteiger partial charge >= 0.3 is 0 Å². The predicted octanol–water partition coefficient (Wildman–Crippen LogP) is 4.03. The molecule has 2 rings (SSSR count). The van der Waals surface area contributed by atoms with Crippen LogP contribution in [-0.4, -0.2) is 22.3 Å². The second-order valence-corrected chi connectivity index (χ2v) is 7.03. The number of nitrogens with one attached hydrogen (secondary N) is 1. The van der Waals surface area contributed by atoms with E-state index < -0.39 is 0 Å². The molecule has 1 aromatic rings. The Morgan fingerprint density at radius 3 is 3.10 bits per heavy atom. The van der Waals surface area contributed by atoms with Crippen molar-refractivity contribution in [3.05, 3.63) is 23.4 Å². The van der Waals surface area contributed by atoms with Crippen LogP contribution in [0.15, 0.2) is 23.4 Å². The topological polar surface area (TPSA) is 48.7 Å². The molecule has 2 unspecified atom stereocenters. The van der Waals surface area contributed by atoms with Gasteiger partial charge in [0, 0.05) is 11.4 Å². The van der Waals surface area contributed by atoms with Crippen molar-refractivity contribution in [2.24, 2.45) is 0 Å². The number of nitrogens with zero attached hydrogens (tertiary/aromatic N) is 2. The van der Waals surface area contributed by atoms with Gasteiger partial charge in [-0.3, -0.25) is 5.32 Å². The first-order valence-corrected chi connectivity index (χ1v) is 8.38. The summed E-state index contributed by atoms with van der Waals surface area (Å²) in [6.45, 7) is 3.04. The smallest absolute Gasteiger partial charge is 0.107 e. The molecule has 5 heteroatoms. The van der Waals surface area contributed by atoms with Crippen LogP contribution in [0.4, 0.5) is 0 Å². The van der Waals surface area contributed by atoms with E-state index in [0.29, 0.717) is 10.3 Å². The summed E-state index contributed by atoms with van der Waals surface area (Å²) in [6.07, 6.45) is 6.81. The van der Waals surface area contributed by atoms with Gasteiger partial charge in [0.2, 0.25) is 0 Å². The van der Waals surface area contributed by atoms with Crippen LogP contribution in [0, 0.1) is 11.3 Å². The van der Waals surface area contributed by atoms with E-state index in [1.54, 1.807) is 18.0 Å². The number of hydrogen-bond donors (Lipinski definition) is 1. The second-order valence-electron chi connectivity index (χ2n) is 5.27. The van der Waals surface area contributed by atoms with Crippen molar-refractivity contribution in [3.63, 3.8) is 0 Å². The number of aromatic nitrogens is 1. The van der Waals surface area contributed by atoms with Crippen molar-refractivity contribution < 1.29 is 0 Å². The maximum absolute atomic E-state index is 9.53. The number of thioether (sulfide) groups is 1. The number of hydrogen-bond acceptors (Lipinski definition) is 4. The van der Waals surface area contributed by atoms with Gasteiger partial charge in [-0.1, -0.05) is 18.5 Å². The fourth-order valence-electron chi connectivity index (χ4n) is 2.59. The summed E-state index contributed by atoms with van der Waals surface area (Å²) in [5, 5.41) is 15.1. The average Bonchev–Trinajstić information content (AvgIpc) is 2.48. The van der Waals surface area contributed by atoms with E-state index in [-0.39, 0.29) is 5.54 Å². The van der Waals surface area contributed by atoms with Gasteiger partial charge in [-0.25, -0.2) is 4.98 Å². The molecule has 0 spiro atoms. The third-order valence-electron chi connectivity index (χ3n) is 3.62. The van der Waals surface area contributed by atoms with Crippen LogP contribution in [0.1, 0.15) is 39.0 Å². The Balaban J connectivity index is 1.99. The lowest BCUT2D eigenvalue weighted by molar-refractivity contribution is 0.304. The van der Waals surface area contributed by atoms with E-state index in [0.717, 1.165) is 43.7 Å². The van der Waals surface area contributed by atoms with Crippen molar-refractivity contribution in [2.75, 3.05) is 6.54 Å². The Bertz CT molecular complexity index is 471. The number of pyridine rings is 1. The number of halogens is 1. The van der Waals surface area contributed by atoms with Gasteiger partial charge in [0.25, 0.3) is 0 Å². The number of nitriles is 1. The summed E-state index contributed by atoms with van der Waals surface area (Å²) in [7, 11) is 0. The van der Waals surface area contributed by atoms with Gasteiger partial charge in [0.05, 0.1) is 16.1 Å². The molecule has 0 saturated heterocycles. The highest BCUT2D eigenvalue weighted by molar-refractivity contribution is 7.99. The van der Waals surface area contributed by atoms with Gasteiger partial charge in [0.15, 0.2) is 0 Å². The summed E-state index contributed by atoms with van der Waals surface area (Å²) in [5.41, 5.74) is -0.349. The quantitative estimate of drug-likeness (QED) is 0.892. The molecule has 108 valence electrons. The highest BCUT2D eigenvalue weighted by atomic mass is 35.5. The van der Waals surface area contributed by atoms with Gasteiger partial charge in [0.1, 0.15) is 5.54 Å². The lowest BCUT2D eigenvalue weighted by atomic mass is 9.82. The largest absolute Gasteiger partial charge is 0.299 e. The molecule has 1 aromatic heterocycles. The standard InChI is InChI=1S/C15H20ClN3S/c1-2-8-19-15(11-17)7-3-4-13(9-15)20-14-6-5-12(16)10-18-14/h5-6,10,13,19H,2-4,7-9H2,1H3. The highest BCUT2D eigenvalue weighted by Gasteiger charge is 2.36. The van der Waals surface area contributed by atoms with Crippen LogP contribution >= 0.6 is 23.4 Å². The van der Waals surface area contributed by atoms with Crippen LogP contribution in [0.25, 0.3) is 0 Å². The Labute approximate surface area is 130 Å². The minimum absolute atomic E-state index is 0.349. The molecule has 3 nitrogen and oxygen atoms in total. The first kappa shape index (κ1) is 15.6. The number of rotatable bonds is 5. The summed E-state index contributed by atoms with van der Waals surface area (Å²) < 4.78 is 0. The Kier molecular flexibility index (Phi) is 5.71. The molecular formula is C15H20ClN3S. The van der Waals surface area contributed by atoms with Crippen LogP contribution in [0.3, 0.4) is 0 Å². The molecule has 1 fully saturated rings. The van der Waals surface area contributed by atoms with Crippen molar-refractivity contribution in [1.82, 2.24) is 10.3 Å². The Morgan fingerprint density at radius 2 is 2.45 bits per heavy atom. The molecule has 1 aliphatic carbocycles. The maximum Gasteiger partial charge on any atom is 0.107 e. The average molecular weight is 310 g/mol. The molecule has 0 aromatic carbocycles. The van der Waals surface area contributed by atoms with E-state index >= 15 is 0 Å². The normalized spacial score (nSPS) is 26.1. The third kappa shape index (κ3) is 4.12. The van der Waals surface area contributed by atoms with Crippen LogP contribution < -0.4 is 5.32 Å². The second kappa shape index (κ2) is 7.31. The zero-order valence-electron chi connectivity index (χ0n) is 11.7. The van der Waals surface area contributed by atoms with Crippen LogP contribution in [0.5, 0.6) is 0 Å². The maximum atomic E-state index is 9.53. The predicted molar refractivity (Wildman–Crippen MR) is 84.0 cm³/mol. The molecular weight excluding hydrogens is 290 g/mol. The molecule has 1 heterocycles. The molecule has 0 radical (unpaired) electrons. The van der Waals surface area contributed by atoms with Crippen LogP contribution in [-0.2, 0) is 0 Å². The monoisotopic (exact) mass is 309 g/mol. The molecule has 1 saturated carbocycles. The van der Waals surface area contributed by atoms with Crippen LogP contribution in [0.2, 0.25) is 5.02 Å². The molecule has 1 N–H and O–H groups in total. The van der Waals surface area contributed by atoms with Gasteiger partial charge in [-0.05, 0) is 50.8 Å². The minimum Gasteiger partial charge on any atom is -0.299 e. The van der Waals surface area contributed by atoms with E-state index in [1.807, 2.05) is 12.1 Å². The third-order valence-corrected chi connectivity index (χ3v) is 5.06. The summed E-state index contributed by atoms with van der Waals surface area (Å²) in [6, 6.07) is 6.33. The Morgan fingerprint density at radius 1 is 1.60 bits per heavy atom. The zero-order valence-corrected chi connectivity index (χ0v) is 13.3. The molecule has 0 aliphatic heterocycles. The fourth-order valence-corrected chi connectivity index (χ4v) is 3.96. The van der Waals surface area contributed by atoms with Gasteiger partial charge < -0.3 is 0 Å². The van der Waals surface area contributed by atoms with E-state index in [2.05, 4.69) is 23.3 Å². The summed E-state index contributed by atoms with van der Waals surface area (Å²) in [5.74, 6) is 0. The lowest BCUT2D eigenvalue weighted by Crippen LogP contribution is -2.48. The first-order chi connectivity index (χ1) is 9.67. The van der Waals surface area contributed by atoms with E-state index in [9.17, 15) is 5.26 Å². The molecule has 0 bridgehead atoms. The molecule has 1 aliphatic rings. The summed E-state index contributed by atoms with van der Waals surface area (Å²) in [4.78, 5) is 4.34.